The Labute approximate surface area is 136 Å². The molecule has 108 valence electrons. The van der Waals surface area contributed by atoms with E-state index in [0.717, 1.165) is 16.6 Å². The molecule has 1 aromatic carbocycles. The first kappa shape index (κ1) is 15.9. The molecule has 1 heterocycles. The Kier molecular flexibility index (Phi) is 5.96. The first-order valence-corrected chi connectivity index (χ1v) is 8.99. The fraction of sp³-hybridized carbons (Fsp3) is 0.333. The van der Waals surface area contributed by atoms with Crippen molar-refractivity contribution in [2.24, 2.45) is 5.73 Å². The van der Waals surface area contributed by atoms with Crippen molar-refractivity contribution in [2.45, 2.75) is 29.5 Å². The summed E-state index contributed by atoms with van der Waals surface area (Å²) in [5.41, 5.74) is 6.32. The predicted octanol–water partition coefficient (Wildman–Crippen LogP) is 5.09. The fourth-order valence-electron chi connectivity index (χ4n) is 1.87. The minimum atomic E-state index is 0.136. The highest BCUT2D eigenvalue weighted by molar-refractivity contribution is 9.10. The molecule has 0 spiro atoms. The average molecular weight is 372 g/mol. The number of hydrogen-bond donors (Lipinski definition) is 1. The zero-order chi connectivity index (χ0) is 14.5. The summed E-state index contributed by atoms with van der Waals surface area (Å²) < 4.78 is 6.41. The Bertz CT molecular complexity index is 558. The Hall–Kier alpha value is -0.490. The summed E-state index contributed by atoms with van der Waals surface area (Å²) in [7, 11) is 1.69. The molecule has 0 amide bonds. The van der Waals surface area contributed by atoms with Crippen LogP contribution in [-0.4, -0.2) is 13.2 Å². The van der Waals surface area contributed by atoms with Gasteiger partial charge in [0.15, 0.2) is 0 Å². The van der Waals surface area contributed by atoms with Crippen molar-refractivity contribution < 1.29 is 4.74 Å². The SMILES string of the molecule is CCC(N)C(Sc1cccc(OC)c1)c1cc(Br)cs1. The largest absolute Gasteiger partial charge is 0.497 e. The number of ether oxygens (including phenoxy) is 1. The number of rotatable bonds is 6. The smallest absolute Gasteiger partial charge is 0.119 e. The first-order chi connectivity index (χ1) is 9.63. The highest BCUT2D eigenvalue weighted by Gasteiger charge is 2.21. The molecule has 0 aliphatic heterocycles. The molecule has 1 aromatic heterocycles. The molecule has 0 fully saturated rings. The van der Waals surface area contributed by atoms with Crippen LogP contribution in [0.2, 0.25) is 0 Å². The van der Waals surface area contributed by atoms with E-state index in [2.05, 4.69) is 46.4 Å². The maximum absolute atomic E-state index is 6.32. The summed E-state index contributed by atoms with van der Waals surface area (Å²) in [6.45, 7) is 2.13. The van der Waals surface area contributed by atoms with E-state index in [-0.39, 0.29) is 11.3 Å². The lowest BCUT2D eigenvalue weighted by molar-refractivity contribution is 0.413. The van der Waals surface area contributed by atoms with Crippen molar-refractivity contribution in [2.75, 3.05) is 7.11 Å². The number of thioether (sulfide) groups is 1. The van der Waals surface area contributed by atoms with Crippen molar-refractivity contribution in [3.8, 4) is 5.75 Å². The van der Waals surface area contributed by atoms with Crippen molar-refractivity contribution in [3.63, 3.8) is 0 Å². The molecule has 5 heteroatoms. The van der Waals surface area contributed by atoms with Gasteiger partial charge in [0, 0.05) is 25.7 Å². The van der Waals surface area contributed by atoms with Crippen LogP contribution in [0.4, 0.5) is 0 Å². The molecular weight excluding hydrogens is 354 g/mol. The lowest BCUT2D eigenvalue weighted by atomic mass is 10.1. The van der Waals surface area contributed by atoms with Crippen molar-refractivity contribution in [3.05, 3.63) is 45.1 Å². The Morgan fingerprint density at radius 3 is 2.80 bits per heavy atom. The maximum atomic E-state index is 6.32. The Balaban J connectivity index is 2.23. The highest BCUT2D eigenvalue weighted by Crippen LogP contribution is 2.42. The van der Waals surface area contributed by atoms with E-state index >= 15 is 0 Å². The minimum Gasteiger partial charge on any atom is -0.497 e. The average Bonchev–Trinajstić information content (AvgIpc) is 2.90. The van der Waals surface area contributed by atoms with Gasteiger partial charge in [-0.3, -0.25) is 0 Å². The van der Waals surface area contributed by atoms with Crippen LogP contribution in [-0.2, 0) is 0 Å². The molecule has 0 aliphatic carbocycles. The lowest BCUT2D eigenvalue weighted by Gasteiger charge is -2.21. The number of thiophene rings is 1. The minimum absolute atomic E-state index is 0.136. The summed E-state index contributed by atoms with van der Waals surface area (Å²) in [5.74, 6) is 0.881. The molecule has 2 aromatic rings. The van der Waals surface area contributed by atoms with Gasteiger partial charge in [0.25, 0.3) is 0 Å². The summed E-state index contributed by atoms with van der Waals surface area (Å²) in [4.78, 5) is 2.49. The normalized spacial score (nSPS) is 14.0. The van der Waals surface area contributed by atoms with Crippen molar-refractivity contribution >= 4 is 39.0 Å². The molecular formula is C15H18BrNOS2. The molecule has 2 nitrogen and oxygen atoms in total. The van der Waals surface area contributed by atoms with E-state index < -0.39 is 0 Å². The molecule has 20 heavy (non-hydrogen) atoms. The number of nitrogens with two attached hydrogens (primary N) is 1. The molecule has 2 rings (SSSR count). The summed E-state index contributed by atoms with van der Waals surface area (Å²) in [5, 5.41) is 2.38. The van der Waals surface area contributed by atoms with Gasteiger partial charge >= 0.3 is 0 Å². The standard InChI is InChI=1S/C15H18BrNOS2/c1-3-13(17)15(14-7-10(16)9-19-14)20-12-6-4-5-11(8-12)18-2/h4-9,13,15H,3,17H2,1-2H3. The Morgan fingerprint density at radius 1 is 1.40 bits per heavy atom. The second kappa shape index (κ2) is 7.50. The summed E-state index contributed by atoms with van der Waals surface area (Å²) >= 11 is 7.07. The predicted molar refractivity (Wildman–Crippen MR) is 91.9 cm³/mol. The number of halogens is 1. The van der Waals surface area contributed by atoms with Crippen LogP contribution in [0, 0.1) is 0 Å². The third-order valence-electron chi connectivity index (χ3n) is 3.03. The topological polar surface area (TPSA) is 35.2 Å². The fourth-order valence-corrected chi connectivity index (χ4v) is 4.87. The molecule has 2 unspecified atom stereocenters. The van der Waals surface area contributed by atoms with Gasteiger partial charge in [-0.25, -0.2) is 0 Å². The summed E-state index contributed by atoms with van der Waals surface area (Å²) in [6, 6.07) is 10.4. The number of benzene rings is 1. The molecule has 2 N–H and O–H groups in total. The lowest BCUT2D eigenvalue weighted by Crippen LogP contribution is -2.25. The van der Waals surface area contributed by atoms with E-state index in [1.807, 2.05) is 12.1 Å². The van der Waals surface area contributed by atoms with Crippen LogP contribution in [0.15, 0.2) is 45.1 Å². The third kappa shape index (κ3) is 4.01. The van der Waals surface area contributed by atoms with Crippen molar-refractivity contribution in [1.82, 2.24) is 0 Å². The molecule has 0 bridgehead atoms. The zero-order valence-electron chi connectivity index (χ0n) is 11.5. The molecule has 0 aliphatic rings. The van der Waals surface area contributed by atoms with Crippen LogP contribution in [0.25, 0.3) is 0 Å². The van der Waals surface area contributed by atoms with Gasteiger partial charge in [-0.05, 0) is 46.6 Å². The highest BCUT2D eigenvalue weighted by atomic mass is 79.9. The molecule has 0 radical (unpaired) electrons. The van der Waals surface area contributed by atoms with Gasteiger partial charge in [-0.15, -0.1) is 23.1 Å². The van der Waals surface area contributed by atoms with Crippen LogP contribution >= 0.6 is 39.0 Å². The van der Waals surface area contributed by atoms with Gasteiger partial charge in [0.2, 0.25) is 0 Å². The van der Waals surface area contributed by atoms with E-state index in [1.165, 1.54) is 9.77 Å². The van der Waals surface area contributed by atoms with E-state index in [0.29, 0.717) is 0 Å². The molecule has 2 atom stereocenters. The quantitative estimate of drug-likeness (QED) is 0.718. The van der Waals surface area contributed by atoms with Crippen molar-refractivity contribution in [1.29, 1.82) is 0 Å². The van der Waals surface area contributed by atoms with Gasteiger partial charge in [0.05, 0.1) is 12.4 Å². The third-order valence-corrected chi connectivity index (χ3v) is 6.34. The molecule has 0 saturated heterocycles. The van der Waals surface area contributed by atoms with E-state index in [9.17, 15) is 0 Å². The number of hydrogen-bond acceptors (Lipinski definition) is 4. The van der Waals surface area contributed by atoms with Gasteiger partial charge < -0.3 is 10.5 Å². The van der Waals surface area contributed by atoms with Crippen LogP contribution in [0.1, 0.15) is 23.5 Å². The van der Waals surface area contributed by atoms with Crippen LogP contribution in [0.3, 0.4) is 0 Å². The summed E-state index contributed by atoms with van der Waals surface area (Å²) in [6.07, 6.45) is 0.956. The van der Waals surface area contributed by atoms with Crippen LogP contribution < -0.4 is 10.5 Å². The monoisotopic (exact) mass is 371 g/mol. The van der Waals surface area contributed by atoms with Gasteiger partial charge in [-0.1, -0.05) is 13.0 Å². The van der Waals surface area contributed by atoms with E-state index in [4.69, 9.17) is 10.5 Å². The second-order valence-electron chi connectivity index (χ2n) is 4.46. The van der Waals surface area contributed by atoms with E-state index in [1.54, 1.807) is 30.2 Å². The number of methoxy groups -OCH3 is 1. The van der Waals surface area contributed by atoms with Crippen LogP contribution in [0.5, 0.6) is 5.75 Å². The molecule has 0 saturated carbocycles. The van der Waals surface area contributed by atoms with Gasteiger partial charge in [0.1, 0.15) is 5.75 Å². The second-order valence-corrected chi connectivity index (χ2v) is 7.53. The maximum Gasteiger partial charge on any atom is 0.119 e. The zero-order valence-corrected chi connectivity index (χ0v) is 14.7. The van der Waals surface area contributed by atoms with Gasteiger partial charge in [-0.2, -0.15) is 0 Å². The Morgan fingerprint density at radius 2 is 2.20 bits per heavy atom. The first-order valence-electron chi connectivity index (χ1n) is 6.44.